The Balaban J connectivity index is 2.17. The van der Waals surface area contributed by atoms with Gasteiger partial charge in [-0.2, -0.15) is 5.90 Å². The number of aromatic nitrogens is 1. The number of nitrogens with two attached hydrogens (primary N) is 1. The highest BCUT2D eigenvalue weighted by atomic mass is 16.7. The molecule has 1 amide bonds. The lowest BCUT2D eigenvalue weighted by molar-refractivity contribution is -0.422. The zero-order chi connectivity index (χ0) is 24.4. The summed E-state index contributed by atoms with van der Waals surface area (Å²) in [6.45, 7) is 1.40. The fourth-order valence-electron chi connectivity index (χ4n) is 2.48. The van der Waals surface area contributed by atoms with Crippen LogP contribution in [0.1, 0.15) is 20.7 Å². The van der Waals surface area contributed by atoms with E-state index >= 15 is 0 Å². The lowest BCUT2D eigenvalue weighted by Crippen LogP contribution is -2.20. The minimum atomic E-state index is -1.30. The predicted octanol–water partition coefficient (Wildman–Crippen LogP) is 1.22. The molecule has 0 saturated heterocycles. The fourth-order valence-corrected chi connectivity index (χ4v) is 2.48. The van der Waals surface area contributed by atoms with Gasteiger partial charge in [-0.1, -0.05) is 0 Å². The Morgan fingerprint density at radius 2 is 1.67 bits per heavy atom. The van der Waals surface area contributed by atoms with E-state index in [2.05, 4.69) is 15.1 Å². The Labute approximate surface area is 185 Å². The first-order valence-corrected chi connectivity index (χ1v) is 9.13. The molecule has 2 aromatic rings. The Hall–Kier alpha value is -4.21. The van der Waals surface area contributed by atoms with Gasteiger partial charge in [-0.3, -0.25) is 25.0 Å². The number of benzene rings is 1. The third kappa shape index (κ3) is 6.89. The number of nitro benzene ring substituents is 2. The molecule has 0 aliphatic heterocycles. The molecule has 0 unspecified atom stereocenters. The minimum absolute atomic E-state index is 0.150. The van der Waals surface area contributed by atoms with Gasteiger partial charge in [0.2, 0.25) is 5.88 Å². The molecular weight excluding hydrogens is 446 g/mol. The van der Waals surface area contributed by atoms with Gasteiger partial charge in [-0.15, -0.1) is 0 Å². The van der Waals surface area contributed by atoms with E-state index in [9.17, 15) is 29.8 Å². The van der Waals surface area contributed by atoms with Crippen molar-refractivity contribution in [1.29, 1.82) is 0 Å². The summed E-state index contributed by atoms with van der Waals surface area (Å²) in [6.07, 6.45) is 1.24. The molecule has 2 rings (SSSR count). The van der Waals surface area contributed by atoms with Crippen LogP contribution in [0.4, 0.5) is 17.1 Å². The van der Waals surface area contributed by atoms with E-state index in [1.54, 1.807) is 7.11 Å². The van der Waals surface area contributed by atoms with Crippen molar-refractivity contribution in [3.8, 4) is 5.88 Å². The average Bonchev–Trinajstić information content (AvgIpc) is 2.80. The number of methoxy groups -OCH3 is 1. The van der Waals surface area contributed by atoms with Gasteiger partial charge in [-0.25, -0.2) is 9.78 Å². The largest absolute Gasteiger partial charge is 0.475 e. The summed E-state index contributed by atoms with van der Waals surface area (Å²) < 4.78 is 15.4. The Morgan fingerprint density at radius 3 is 2.21 bits per heavy atom. The summed E-state index contributed by atoms with van der Waals surface area (Å²) in [5.74, 6) is 2.77. The number of carbonyl (C=O) groups is 2. The normalized spacial score (nSPS) is 10.4. The molecule has 0 aliphatic rings. The molecule has 15 nitrogen and oxygen atoms in total. The maximum absolute atomic E-state index is 12.7. The van der Waals surface area contributed by atoms with Crippen molar-refractivity contribution < 1.29 is 38.5 Å². The summed E-state index contributed by atoms with van der Waals surface area (Å²) >= 11 is 0. The van der Waals surface area contributed by atoms with E-state index in [-0.39, 0.29) is 18.2 Å². The standard InChI is InChI=1S/C18H19N5O10/c1-30-4-5-31-6-7-32-16-3-2-11(10-20-16)21-17(24)12-8-14(22(26)27)15(23(28)29)9-13(12)18(25)33-19/h2-3,8-10H,4-7,19H2,1H3,(H,21,24). The van der Waals surface area contributed by atoms with Crippen LogP contribution in [0.25, 0.3) is 0 Å². The number of hydrogen-bond acceptors (Lipinski definition) is 12. The third-order valence-corrected chi connectivity index (χ3v) is 3.98. The number of carbonyl (C=O) groups excluding carboxylic acids is 2. The molecule has 15 heteroatoms. The number of hydrogen-bond donors (Lipinski definition) is 2. The zero-order valence-electron chi connectivity index (χ0n) is 17.2. The van der Waals surface area contributed by atoms with Crippen molar-refractivity contribution in [2.45, 2.75) is 0 Å². The molecule has 1 aromatic carbocycles. The number of nitrogens with zero attached hydrogens (tertiary/aromatic N) is 3. The topological polar surface area (TPSA) is 208 Å². The van der Waals surface area contributed by atoms with Crippen LogP contribution in [0.2, 0.25) is 0 Å². The minimum Gasteiger partial charge on any atom is -0.475 e. The highest BCUT2D eigenvalue weighted by Gasteiger charge is 2.31. The van der Waals surface area contributed by atoms with Crippen LogP contribution in [0.15, 0.2) is 30.5 Å². The number of pyridine rings is 1. The van der Waals surface area contributed by atoms with Crippen LogP contribution in [-0.4, -0.2) is 60.2 Å². The highest BCUT2D eigenvalue weighted by molar-refractivity contribution is 6.12. The molecular formula is C18H19N5O10. The van der Waals surface area contributed by atoms with Crippen LogP contribution in [0, 0.1) is 20.2 Å². The van der Waals surface area contributed by atoms with Gasteiger partial charge in [0.05, 0.1) is 52.7 Å². The Bertz CT molecular complexity index is 1030. The summed E-state index contributed by atoms with van der Waals surface area (Å²) in [7, 11) is 1.55. The van der Waals surface area contributed by atoms with Crippen molar-refractivity contribution in [3.05, 3.63) is 61.8 Å². The number of rotatable bonds is 12. The lowest BCUT2D eigenvalue weighted by Gasteiger charge is -2.10. The van der Waals surface area contributed by atoms with Gasteiger partial charge < -0.3 is 24.4 Å². The van der Waals surface area contributed by atoms with Gasteiger partial charge in [0.1, 0.15) is 6.61 Å². The summed E-state index contributed by atoms with van der Waals surface area (Å²) in [4.78, 5) is 52.8. The quantitative estimate of drug-likeness (QED) is 0.257. The molecule has 0 atom stereocenters. The molecule has 3 N–H and O–H groups in total. The smallest absolute Gasteiger partial charge is 0.357 e. The first kappa shape index (κ1) is 25.1. The van der Waals surface area contributed by atoms with Crippen molar-refractivity contribution in [3.63, 3.8) is 0 Å². The van der Waals surface area contributed by atoms with Crippen LogP contribution >= 0.6 is 0 Å². The van der Waals surface area contributed by atoms with Gasteiger partial charge in [-0.05, 0) is 6.07 Å². The van der Waals surface area contributed by atoms with Gasteiger partial charge in [0.15, 0.2) is 0 Å². The monoisotopic (exact) mass is 465 g/mol. The molecule has 1 aromatic heterocycles. The van der Waals surface area contributed by atoms with E-state index in [0.29, 0.717) is 32.0 Å². The average molecular weight is 465 g/mol. The van der Waals surface area contributed by atoms with Gasteiger partial charge in [0.25, 0.3) is 5.91 Å². The number of nitrogens with one attached hydrogen (secondary N) is 1. The number of anilines is 1. The van der Waals surface area contributed by atoms with Crippen molar-refractivity contribution >= 4 is 28.9 Å². The third-order valence-electron chi connectivity index (χ3n) is 3.98. The number of ether oxygens (including phenoxy) is 3. The van der Waals surface area contributed by atoms with E-state index in [1.165, 1.54) is 18.3 Å². The molecule has 176 valence electrons. The van der Waals surface area contributed by atoms with E-state index in [4.69, 9.17) is 20.1 Å². The van der Waals surface area contributed by atoms with Crippen LogP contribution in [0.3, 0.4) is 0 Å². The number of amides is 1. The summed E-state index contributed by atoms with van der Waals surface area (Å²) in [5.41, 5.74) is -3.04. The van der Waals surface area contributed by atoms with Crippen molar-refractivity contribution in [1.82, 2.24) is 4.98 Å². The lowest BCUT2D eigenvalue weighted by atomic mass is 10.0. The predicted molar refractivity (Wildman–Crippen MR) is 110 cm³/mol. The van der Waals surface area contributed by atoms with Crippen LogP contribution < -0.4 is 16.0 Å². The van der Waals surface area contributed by atoms with Crippen molar-refractivity contribution in [2.75, 3.05) is 38.9 Å². The second-order valence-electron chi connectivity index (χ2n) is 6.10. The molecule has 1 heterocycles. The maximum Gasteiger partial charge on any atom is 0.357 e. The zero-order valence-corrected chi connectivity index (χ0v) is 17.2. The highest BCUT2D eigenvalue weighted by Crippen LogP contribution is 2.31. The Morgan fingerprint density at radius 1 is 1.03 bits per heavy atom. The first-order chi connectivity index (χ1) is 15.8. The molecule has 0 bridgehead atoms. The summed E-state index contributed by atoms with van der Waals surface area (Å²) in [6, 6.07) is 4.01. The number of nitro groups is 2. The maximum atomic E-state index is 12.7. The van der Waals surface area contributed by atoms with Crippen LogP contribution in [0.5, 0.6) is 5.88 Å². The van der Waals surface area contributed by atoms with Gasteiger partial charge >= 0.3 is 17.3 Å². The fraction of sp³-hybridized carbons (Fsp3) is 0.278. The molecule has 33 heavy (non-hydrogen) atoms. The first-order valence-electron chi connectivity index (χ1n) is 9.13. The molecule has 0 aliphatic carbocycles. The molecule has 0 radical (unpaired) electrons. The Kier molecular flexibility index (Phi) is 9.10. The van der Waals surface area contributed by atoms with E-state index in [1.807, 2.05) is 0 Å². The second kappa shape index (κ2) is 12.0. The van der Waals surface area contributed by atoms with E-state index < -0.39 is 44.2 Å². The van der Waals surface area contributed by atoms with Crippen LogP contribution in [-0.2, 0) is 14.3 Å². The summed E-state index contributed by atoms with van der Waals surface area (Å²) in [5, 5.41) is 24.7. The molecule has 0 spiro atoms. The SMILES string of the molecule is COCCOCCOc1ccc(NC(=O)c2cc([N+](=O)[O-])c([N+](=O)[O-])cc2C(=O)ON)cn1. The van der Waals surface area contributed by atoms with Gasteiger partial charge in [0, 0.05) is 25.3 Å². The molecule has 0 saturated carbocycles. The van der Waals surface area contributed by atoms with E-state index in [0.717, 1.165) is 0 Å². The molecule has 0 fully saturated rings. The van der Waals surface area contributed by atoms with Crippen molar-refractivity contribution in [2.24, 2.45) is 5.90 Å². The second-order valence-corrected chi connectivity index (χ2v) is 6.10.